The summed E-state index contributed by atoms with van der Waals surface area (Å²) in [5, 5.41) is 4.75. The van der Waals surface area contributed by atoms with E-state index in [4.69, 9.17) is 19.7 Å². The van der Waals surface area contributed by atoms with Gasteiger partial charge in [-0.15, -0.1) is 0 Å². The fraction of sp³-hybridized carbons (Fsp3) is 0.0357. The Balaban J connectivity index is 1.71. The molecule has 1 aromatic heterocycles. The number of hydrogen-bond acceptors (Lipinski definition) is 4. The molecule has 0 bridgehead atoms. The minimum Gasteiger partial charge on any atom is -0.467 e. The maximum atomic E-state index is 5.60. The Labute approximate surface area is 202 Å². The summed E-state index contributed by atoms with van der Waals surface area (Å²) in [4.78, 5) is 14.7. The molecule has 1 heterocycles. The third-order valence-electron chi connectivity index (χ3n) is 5.23. The van der Waals surface area contributed by atoms with Gasteiger partial charge >= 0.3 is 6.01 Å². The lowest BCUT2D eigenvalue weighted by Crippen LogP contribution is -2.34. The molecule has 0 amide bonds. The minimum absolute atomic E-state index is 0.346. The van der Waals surface area contributed by atoms with Gasteiger partial charge in [-0.05, 0) is 21.2 Å². The number of benzene rings is 4. The van der Waals surface area contributed by atoms with Crippen LogP contribution in [-0.4, -0.2) is 22.1 Å². The molecule has 4 aromatic carbocycles. The highest BCUT2D eigenvalue weighted by Crippen LogP contribution is 2.34. The summed E-state index contributed by atoms with van der Waals surface area (Å²) in [7, 11) is -0.343. The van der Waals surface area contributed by atoms with E-state index in [1.165, 1.54) is 21.2 Å². The average Bonchev–Trinajstić information content (AvgIpc) is 2.91. The highest BCUT2D eigenvalue weighted by molar-refractivity contribution is 7.80. The van der Waals surface area contributed by atoms with Crippen LogP contribution in [-0.2, 0) is 0 Å². The highest BCUT2D eigenvalue weighted by Gasteiger charge is 2.26. The van der Waals surface area contributed by atoms with Crippen molar-refractivity contribution in [1.29, 1.82) is 0 Å². The zero-order chi connectivity index (χ0) is 23.2. The van der Waals surface area contributed by atoms with E-state index in [1.54, 1.807) is 7.11 Å². The summed E-state index contributed by atoms with van der Waals surface area (Å²) < 4.78 is 5.60. The lowest BCUT2D eigenvalue weighted by Gasteiger charge is -2.21. The molecule has 0 aliphatic rings. The van der Waals surface area contributed by atoms with Crippen LogP contribution in [0, 0.1) is 0 Å². The molecule has 5 aromatic rings. The smallest absolute Gasteiger partial charge is 0.320 e. The molecule has 166 valence electrons. The fourth-order valence-electron chi connectivity index (χ4n) is 3.70. The van der Waals surface area contributed by atoms with Gasteiger partial charge in [-0.25, -0.2) is 4.98 Å². The number of rotatable bonds is 7. The molecule has 0 N–H and O–H groups in total. The van der Waals surface area contributed by atoms with Gasteiger partial charge in [0.2, 0.25) is 0 Å². The molecule has 6 heteroatoms. The first-order valence-electron chi connectivity index (χ1n) is 10.9. The molecule has 0 unspecified atom stereocenters. The Kier molecular flexibility index (Phi) is 7.00. The number of methoxy groups -OCH3 is 1. The Morgan fingerprint density at radius 1 is 0.441 bits per heavy atom. The van der Waals surface area contributed by atoms with E-state index in [-0.39, 0.29) is 0 Å². The second-order valence-corrected chi connectivity index (χ2v) is 11.6. The van der Waals surface area contributed by atoms with Gasteiger partial charge in [0.15, 0.2) is 11.1 Å². The topological polar surface area (TPSA) is 47.9 Å². The Bertz CT molecular complexity index is 1160. The summed E-state index contributed by atoms with van der Waals surface area (Å²) in [5.74, 6) is 0. The predicted molar refractivity (Wildman–Crippen MR) is 144 cm³/mol. The zero-order valence-corrected chi connectivity index (χ0v) is 20.5. The first kappa shape index (κ1) is 22.3. The van der Waals surface area contributed by atoms with Gasteiger partial charge in [-0.1, -0.05) is 121 Å². The SMILES string of the molecule is COc1nc(P(c2ccccc2)c2ccccc2)nc(P(c2ccccc2)c2ccccc2)n1. The van der Waals surface area contributed by atoms with Crippen LogP contribution in [0.3, 0.4) is 0 Å². The van der Waals surface area contributed by atoms with Crippen molar-refractivity contribution in [2.45, 2.75) is 0 Å². The molecule has 0 spiro atoms. The first-order chi connectivity index (χ1) is 16.8. The molecule has 4 nitrogen and oxygen atoms in total. The minimum atomic E-state index is -0.979. The zero-order valence-electron chi connectivity index (χ0n) is 18.7. The molecule has 0 saturated carbocycles. The third-order valence-corrected chi connectivity index (χ3v) is 9.69. The summed E-state index contributed by atoms with van der Waals surface area (Å²) in [6.07, 6.45) is 0. The van der Waals surface area contributed by atoms with Crippen LogP contribution in [0.4, 0.5) is 0 Å². The van der Waals surface area contributed by atoms with Crippen molar-refractivity contribution in [1.82, 2.24) is 15.0 Å². The van der Waals surface area contributed by atoms with E-state index in [0.29, 0.717) is 6.01 Å². The summed E-state index contributed by atoms with van der Waals surface area (Å²) in [6, 6.07) is 42.1. The van der Waals surface area contributed by atoms with Crippen molar-refractivity contribution in [3.05, 3.63) is 121 Å². The van der Waals surface area contributed by atoms with E-state index >= 15 is 0 Å². The van der Waals surface area contributed by atoms with Crippen LogP contribution in [0.15, 0.2) is 121 Å². The van der Waals surface area contributed by atoms with Crippen molar-refractivity contribution in [2.24, 2.45) is 0 Å². The Hall–Kier alpha value is -3.45. The molecule has 0 atom stereocenters. The first-order valence-corrected chi connectivity index (χ1v) is 13.6. The Morgan fingerprint density at radius 2 is 0.735 bits per heavy atom. The van der Waals surface area contributed by atoms with Crippen LogP contribution in [0.5, 0.6) is 6.01 Å². The van der Waals surface area contributed by atoms with Crippen LogP contribution in [0.1, 0.15) is 0 Å². The molecular formula is C28H23N3OP2. The molecule has 0 aliphatic carbocycles. The van der Waals surface area contributed by atoms with Crippen LogP contribution < -0.4 is 37.1 Å². The molecule has 0 radical (unpaired) electrons. The van der Waals surface area contributed by atoms with Gasteiger partial charge in [0.25, 0.3) is 0 Å². The fourth-order valence-corrected chi connectivity index (χ4v) is 7.94. The number of hydrogen-bond donors (Lipinski definition) is 0. The van der Waals surface area contributed by atoms with Crippen molar-refractivity contribution in [2.75, 3.05) is 7.11 Å². The molecule has 0 aliphatic heterocycles. The maximum Gasteiger partial charge on any atom is 0.320 e. The van der Waals surface area contributed by atoms with E-state index in [2.05, 4.69) is 97.1 Å². The molecule has 0 fully saturated rings. The molecule has 34 heavy (non-hydrogen) atoms. The van der Waals surface area contributed by atoms with E-state index < -0.39 is 15.8 Å². The van der Waals surface area contributed by atoms with Gasteiger partial charge in [-0.2, -0.15) is 9.97 Å². The van der Waals surface area contributed by atoms with Crippen molar-refractivity contribution < 1.29 is 4.74 Å². The largest absolute Gasteiger partial charge is 0.467 e. The second kappa shape index (κ2) is 10.7. The molecular weight excluding hydrogens is 456 g/mol. The van der Waals surface area contributed by atoms with Gasteiger partial charge < -0.3 is 4.74 Å². The van der Waals surface area contributed by atoms with E-state index in [0.717, 1.165) is 11.1 Å². The monoisotopic (exact) mass is 479 g/mol. The van der Waals surface area contributed by atoms with Crippen LogP contribution in [0.2, 0.25) is 0 Å². The van der Waals surface area contributed by atoms with Crippen molar-refractivity contribution in [3.63, 3.8) is 0 Å². The van der Waals surface area contributed by atoms with Gasteiger partial charge in [0.05, 0.1) is 7.11 Å². The lowest BCUT2D eigenvalue weighted by atomic mass is 10.4. The van der Waals surface area contributed by atoms with Gasteiger partial charge in [0, 0.05) is 15.8 Å². The average molecular weight is 479 g/mol. The number of aromatic nitrogens is 3. The summed E-state index contributed by atoms with van der Waals surface area (Å²) in [5.41, 5.74) is 1.49. The summed E-state index contributed by atoms with van der Waals surface area (Å²) in [6.45, 7) is 0. The quantitative estimate of drug-likeness (QED) is 0.336. The standard InChI is InChI=1S/C28H23N3OP2/c1-32-26-29-27(33(22-14-6-2-7-15-22)23-16-8-3-9-17-23)31-28(30-26)34(24-18-10-4-11-19-24)25-20-12-5-13-21-25/h2-21H,1H3. The van der Waals surface area contributed by atoms with Crippen molar-refractivity contribution >= 4 is 48.2 Å². The van der Waals surface area contributed by atoms with Crippen molar-refractivity contribution in [3.8, 4) is 6.01 Å². The summed E-state index contributed by atoms with van der Waals surface area (Å²) >= 11 is 0. The van der Waals surface area contributed by atoms with E-state index in [1.807, 2.05) is 24.3 Å². The maximum absolute atomic E-state index is 5.60. The van der Waals surface area contributed by atoms with Gasteiger partial charge in [0.1, 0.15) is 0 Å². The third kappa shape index (κ3) is 4.89. The number of ether oxygens (including phenoxy) is 1. The van der Waals surface area contributed by atoms with Crippen LogP contribution in [0.25, 0.3) is 0 Å². The molecule has 0 saturated heterocycles. The second-order valence-electron chi connectivity index (χ2n) is 7.44. The number of nitrogens with zero attached hydrogens (tertiary/aromatic N) is 3. The van der Waals surface area contributed by atoms with Gasteiger partial charge in [-0.3, -0.25) is 0 Å². The predicted octanol–water partition coefficient (Wildman–Crippen LogP) is 3.40. The molecule has 5 rings (SSSR count). The Morgan fingerprint density at radius 3 is 1.00 bits per heavy atom. The highest BCUT2D eigenvalue weighted by atomic mass is 31.1. The lowest BCUT2D eigenvalue weighted by molar-refractivity contribution is 0.381. The van der Waals surface area contributed by atoms with Crippen LogP contribution >= 0.6 is 15.8 Å². The normalized spacial score (nSPS) is 11.0. The van der Waals surface area contributed by atoms with E-state index in [9.17, 15) is 0 Å².